The lowest BCUT2D eigenvalue weighted by Gasteiger charge is -2.17. The van der Waals surface area contributed by atoms with Crippen LogP contribution in [0, 0.1) is 0 Å². The zero-order valence-electron chi connectivity index (χ0n) is 11.0. The Labute approximate surface area is 133 Å². The second-order valence-electron chi connectivity index (χ2n) is 4.79. The lowest BCUT2D eigenvalue weighted by Crippen LogP contribution is -2.20. The molecule has 1 saturated carbocycles. The molecule has 0 saturated heterocycles. The summed E-state index contributed by atoms with van der Waals surface area (Å²) in [6, 6.07) is 6.60. The highest BCUT2D eigenvalue weighted by atomic mass is 79.9. The molecule has 2 nitrogen and oxygen atoms in total. The molecule has 104 valence electrons. The van der Waals surface area contributed by atoms with Gasteiger partial charge in [0.2, 0.25) is 0 Å². The first kappa shape index (κ1) is 15.1. The van der Waals surface area contributed by atoms with Crippen molar-refractivity contribution in [3.63, 3.8) is 0 Å². The summed E-state index contributed by atoms with van der Waals surface area (Å²) in [5, 5.41) is 4.40. The maximum Gasteiger partial charge on any atom is 0.106 e. The fraction of sp³-hybridized carbons (Fsp3) is 0.500. The summed E-state index contributed by atoms with van der Waals surface area (Å²) >= 11 is 10.7. The topological polar surface area (TPSA) is 38.0 Å². The number of anilines is 1. The van der Waals surface area contributed by atoms with E-state index in [2.05, 4.69) is 46.0 Å². The standard InChI is InChI=1S/C14H19BrN2S2/c1-2-19-11-5-4-10(8-11)17-13-6-3-9(15)7-12(13)14(16)18/h3,6-7,10-11,17H,2,4-5,8H2,1H3,(H2,16,18). The zero-order chi connectivity index (χ0) is 13.8. The van der Waals surface area contributed by atoms with Crippen molar-refractivity contribution in [2.45, 2.75) is 37.5 Å². The van der Waals surface area contributed by atoms with Crippen molar-refractivity contribution < 1.29 is 0 Å². The van der Waals surface area contributed by atoms with Gasteiger partial charge in [0.1, 0.15) is 4.99 Å². The molecule has 0 aromatic heterocycles. The van der Waals surface area contributed by atoms with E-state index in [9.17, 15) is 0 Å². The fourth-order valence-corrected chi connectivity index (χ4v) is 4.20. The van der Waals surface area contributed by atoms with Crippen molar-refractivity contribution in [3.8, 4) is 0 Å². The number of nitrogens with two attached hydrogens (primary N) is 1. The van der Waals surface area contributed by atoms with Crippen molar-refractivity contribution in [1.29, 1.82) is 0 Å². The van der Waals surface area contributed by atoms with Crippen LogP contribution in [0.2, 0.25) is 0 Å². The lowest BCUT2D eigenvalue weighted by molar-refractivity contribution is 0.757. The maximum absolute atomic E-state index is 5.80. The highest BCUT2D eigenvalue weighted by Crippen LogP contribution is 2.32. The molecule has 2 unspecified atom stereocenters. The molecule has 1 aromatic carbocycles. The van der Waals surface area contributed by atoms with Crippen molar-refractivity contribution in [2.24, 2.45) is 5.73 Å². The van der Waals surface area contributed by atoms with Crippen molar-refractivity contribution >= 4 is 50.6 Å². The Balaban J connectivity index is 2.05. The average Bonchev–Trinajstić information content (AvgIpc) is 2.79. The first-order valence-corrected chi connectivity index (χ1v) is 8.82. The maximum atomic E-state index is 5.80. The van der Waals surface area contributed by atoms with E-state index >= 15 is 0 Å². The number of thioether (sulfide) groups is 1. The molecule has 0 spiro atoms. The van der Waals surface area contributed by atoms with E-state index in [1.165, 1.54) is 25.0 Å². The molecule has 3 N–H and O–H groups in total. The van der Waals surface area contributed by atoms with Crippen LogP contribution < -0.4 is 11.1 Å². The van der Waals surface area contributed by atoms with E-state index in [-0.39, 0.29) is 0 Å². The van der Waals surface area contributed by atoms with Gasteiger partial charge in [-0.2, -0.15) is 11.8 Å². The molecule has 19 heavy (non-hydrogen) atoms. The summed E-state index contributed by atoms with van der Waals surface area (Å²) in [6.45, 7) is 2.23. The summed E-state index contributed by atoms with van der Waals surface area (Å²) < 4.78 is 1.01. The molecule has 0 aliphatic heterocycles. The van der Waals surface area contributed by atoms with E-state index in [1.807, 2.05) is 12.1 Å². The average molecular weight is 359 g/mol. The van der Waals surface area contributed by atoms with Gasteiger partial charge in [0.15, 0.2) is 0 Å². The van der Waals surface area contributed by atoms with Crippen LogP contribution in [-0.2, 0) is 0 Å². The van der Waals surface area contributed by atoms with Gasteiger partial charge in [-0.05, 0) is 43.2 Å². The third-order valence-corrected chi connectivity index (χ3v) is 5.34. The molecule has 1 aromatic rings. The number of hydrogen-bond donors (Lipinski definition) is 2. The summed E-state index contributed by atoms with van der Waals surface area (Å²) in [5.41, 5.74) is 7.78. The number of nitrogens with one attached hydrogen (secondary N) is 1. The number of rotatable bonds is 5. The van der Waals surface area contributed by atoms with E-state index in [1.54, 1.807) is 0 Å². The third-order valence-electron chi connectivity index (χ3n) is 3.39. The Morgan fingerprint density at radius 2 is 2.32 bits per heavy atom. The second kappa shape index (κ2) is 6.95. The molecule has 1 aliphatic carbocycles. The quantitative estimate of drug-likeness (QED) is 0.774. The first-order valence-electron chi connectivity index (χ1n) is 6.57. The van der Waals surface area contributed by atoms with Gasteiger partial charge >= 0.3 is 0 Å². The molecule has 0 radical (unpaired) electrons. The minimum Gasteiger partial charge on any atom is -0.389 e. The molecule has 0 bridgehead atoms. The molecular weight excluding hydrogens is 340 g/mol. The second-order valence-corrected chi connectivity index (χ2v) is 7.72. The van der Waals surface area contributed by atoms with E-state index in [0.29, 0.717) is 11.0 Å². The molecule has 1 fully saturated rings. The van der Waals surface area contributed by atoms with Crippen LogP contribution in [0.5, 0.6) is 0 Å². The van der Waals surface area contributed by atoms with E-state index < -0.39 is 0 Å². The Morgan fingerprint density at radius 3 is 3.00 bits per heavy atom. The number of benzene rings is 1. The number of hydrogen-bond acceptors (Lipinski definition) is 3. The fourth-order valence-electron chi connectivity index (χ4n) is 2.52. The Morgan fingerprint density at radius 1 is 1.53 bits per heavy atom. The zero-order valence-corrected chi connectivity index (χ0v) is 14.2. The summed E-state index contributed by atoms with van der Waals surface area (Å²) in [4.78, 5) is 0.446. The lowest BCUT2D eigenvalue weighted by atomic mass is 10.1. The normalized spacial score (nSPS) is 22.4. The molecule has 2 atom stereocenters. The minimum absolute atomic E-state index is 0.446. The summed E-state index contributed by atoms with van der Waals surface area (Å²) in [6.07, 6.45) is 3.75. The molecule has 5 heteroatoms. The summed E-state index contributed by atoms with van der Waals surface area (Å²) in [7, 11) is 0. The Hall–Kier alpha value is -0.260. The molecule has 0 amide bonds. The number of thiocarbonyl (C=S) groups is 1. The van der Waals surface area contributed by atoms with Gasteiger partial charge in [0.05, 0.1) is 0 Å². The minimum atomic E-state index is 0.446. The van der Waals surface area contributed by atoms with Gasteiger partial charge in [-0.25, -0.2) is 0 Å². The van der Waals surface area contributed by atoms with Gasteiger partial charge in [0.25, 0.3) is 0 Å². The number of halogens is 1. The highest BCUT2D eigenvalue weighted by Gasteiger charge is 2.25. The largest absolute Gasteiger partial charge is 0.389 e. The van der Waals surface area contributed by atoms with Crippen LogP contribution in [0.15, 0.2) is 22.7 Å². The molecule has 1 aliphatic rings. The van der Waals surface area contributed by atoms with Crippen LogP contribution in [0.3, 0.4) is 0 Å². The Bertz CT molecular complexity index is 465. The van der Waals surface area contributed by atoms with Crippen molar-refractivity contribution in [1.82, 2.24) is 0 Å². The highest BCUT2D eigenvalue weighted by molar-refractivity contribution is 9.10. The van der Waals surface area contributed by atoms with Crippen LogP contribution >= 0.6 is 39.9 Å². The monoisotopic (exact) mass is 358 g/mol. The van der Waals surface area contributed by atoms with Crippen LogP contribution in [0.25, 0.3) is 0 Å². The van der Waals surface area contributed by atoms with Crippen LogP contribution in [0.1, 0.15) is 31.7 Å². The molecule has 2 rings (SSSR count). The van der Waals surface area contributed by atoms with Gasteiger partial charge in [0, 0.05) is 27.0 Å². The smallest absolute Gasteiger partial charge is 0.106 e. The van der Waals surface area contributed by atoms with Crippen LogP contribution in [0.4, 0.5) is 5.69 Å². The summed E-state index contributed by atoms with van der Waals surface area (Å²) in [5.74, 6) is 1.20. The van der Waals surface area contributed by atoms with Crippen molar-refractivity contribution in [2.75, 3.05) is 11.1 Å². The third kappa shape index (κ3) is 4.10. The predicted molar refractivity (Wildman–Crippen MR) is 93.2 cm³/mol. The van der Waals surface area contributed by atoms with Gasteiger partial charge < -0.3 is 11.1 Å². The molecule has 0 heterocycles. The van der Waals surface area contributed by atoms with E-state index in [0.717, 1.165) is 21.0 Å². The van der Waals surface area contributed by atoms with Crippen LogP contribution in [-0.4, -0.2) is 22.0 Å². The van der Waals surface area contributed by atoms with Crippen molar-refractivity contribution in [3.05, 3.63) is 28.2 Å². The van der Waals surface area contributed by atoms with E-state index in [4.69, 9.17) is 18.0 Å². The predicted octanol–water partition coefficient (Wildman–Crippen LogP) is 4.17. The molecular formula is C14H19BrN2S2. The SMILES string of the molecule is CCSC1CCC(Nc2ccc(Br)cc2C(N)=S)C1. The van der Waals surface area contributed by atoms with Gasteiger partial charge in [-0.3, -0.25) is 0 Å². The first-order chi connectivity index (χ1) is 9.10. The van der Waals surface area contributed by atoms with Gasteiger partial charge in [-0.1, -0.05) is 35.1 Å². The van der Waals surface area contributed by atoms with Gasteiger partial charge in [-0.15, -0.1) is 0 Å². The Kier molecular flexibility index (Phi) is 5.54.